The maximum atomic E-state index is 12.1. The third-order valence-corrected chi connectivity index (χ3v) is 5.37. The number of hydrogen-bond donors (Lipinski definition) is 2. The fourth-order valence-corrected chi connectivity index (χ4v) is 3.62. The first-order valence-electron chi connectivity index (χ1n) is 8.86. The summed E-state index contributed by atoms with van der Waals surface area (Å²) in [6.07, 6.45) is 0. The van der Waals surface area contributed by atoms with E-state index in [-0.39, 0.29) is 25.0 Å². The summed E-state index contributed by atoms with van der Waals surface area (Å²) in [5.74, 6) is 0.477. The number of benzene rings is 2. The number of amides is 2. The number of ether oxygens (including phenoxy) is 2. The summed E-state index contributed by atoms with van der Waals surface area (Å²) in [6, 6.07) is 15.3. The normalized spacial score (nSPS) is 10.4. The van der Waals surface area contributed by atoms with Crippen LogP contribution in [0.3, 0.4) is 0 Å². The van der Waals surface area contributed by atoms with Crippen molar-refractivity contribution in [1.82, 2.24) is 0 Å². The van der Waals surface area contributed by atoms with Crippen LogP contribution in [0.1, 0.15) is 5.56 Å². The summed E-state index contributed by atoms with van der Waals surface area (Å²) in [5, 5.41) is 7.96. The molecule has 3 aromatic rings. The number of rotatable bonds is 8. The van der Waals surface area contributed by atoms with E-state index in [1.165, 1.54) is 11.3 Å². The molecule has 0 saturated carbocycles. The van der Waals surface area contributed by atoms with Gasteiger partial charge in [0, 0.05) is 10.0 Å². The molecule has 0 aliphatic rings. The second kappa shape index (κ2) is 10.3. The maximum Gasteiger partial charge on any atom is 0.262 e. The molecule has 0 radical (unpaired) electrons. The number of carbonyl (C=O) groups excluding carboxylic acids is 2. The zero-order chi connectivity index (χ0) is 21.5. The van der Waals surface area contributed by atoms with Crippen molar-refractivity contribution < 1.29 is 19.1 Å². The Morgan fingerprint density at radius 1 is 0.833 bits per heavy atom. The van der Waals surface area contributed by atoms with Crippen LogP contribution in [0.15, 0.2) is 54.6 Å². The number of halogens is 2. The SMILES string of the molecule is Cc1cc(NC(=O)COc2ccc(Cl)cc2)sc1NC(=O)COc1ccc(Cl)cc1. The Kier molecular flexibility index (Phi) is 7.57. The van der Waals surface area contributed by atoms with Gasteiger partial charge >= 0.3 is 0 Å². The summed E-state index contributed by atoms with van der Waals surface area (Å²) in [6.45, 7) is 1.55. The lowest BCUT2D eigenvalue weighted by Crippen LogP contribution is -2.20. The first-order valence-corrected chi connectivity index (χ1v) is 10.4. The lowest BCUT2D eigenvalue weighted by atomic mass is 10.3. The molecular formula is C21H18Cl2N2O4S. The van der Waals surface area contributed by atoms with Crippen molar-refractivity contribution in [1.29, 1.82) is 0 Å². The highest BCUT2D eigenvalue weighted by atomic mass is 35.5. The lowest BCUT2D eigenvalue weighted by Gasteiger charge is -2.07. The second-order valence-corrected chi connectivity index (χ2v) is 8.13. The average Bonchev–Trinajstić information content (AvgIpc) is 3.05. The Morgan fingerprint density at radius 2 is 1.30 bits per heavy atom. The van der Waals surface area contributed by atoms with E-state index < -0.39 is 0 Å². The molecule has 0 aliphatic carbocycles. The fraction of sp³-hybridized carbons (Fsp3) is 0.143. The van der Waals surface area contributed by atoms with E-state index in [1.54, 1.807) is 54.6 Å². The van der Waals surface area contributed by atoms with E-state index in [0.29, 0.717) is 31.5 Å². The quantitative estimate of drug-likeness (QED) is 0.467. The third-order valence-electron chi connectivity index (χ3n) is 3.80. The lowest BCUT2D eigenvalue weighted by molar-refractivity contribution is -0.118. The minimum Gasteiger partial charge on any atom is -0.484 e. The van der Waals surface area contributed by atoms with E-state index in [4.69, 9.17) is 32.7 Å². The van der Waals surface area contributed by atoms with Gasteiger partial charge in [-0.15, -0.1) is 11.3 Å². The van der Waals surface area contributed by atoms with Gasteiger partial charge in [-0.3, -0.25) is 9.59 Å². The standard InChI is InChI=1S/C21H18Cl2N2O4S/c1-13-10-20(24-18(26)11-28-16-6-2-14(22)3-7-16)30-21(13)25-19(27)12-29-17-8-4-15(23)5-9-17/h2-10H,11-12H2,1H3,(H,24,26)(H,25,27). The Bertz CT molecular complexity index is 1020. The van der Waals surface area contributed by atoms with Gasteiger partial charge in [-0.05, 0) is 67.1 Å². The number of carbonyl (C=O) groups is 2. The van der Waals surface area contributed by atoms with Crippen LogP contribution in [0, 0.1) is 6.92 Å². The first kappa shape index (κ1) is 22.0. The minimum absolute atomic E-state index is 0.143. The summed E-state index contributed by atoms with van der Waals surface area (Å²) < 4.78 is 10.8. The van der Waals surface area contributed by atoms with Crippen LogP contribution >= 0.6 is 34.5 Å². The van der Waals surface area contributed by atoms with Crippen molar-refractivity contribution in [3.8, 4) is 11.5 Å². The topological polar surface area (TPSA) is 76.7 Å². The van der Waals surface area contributed by atoms with Crippen LogP contribution in [0.25, 0.3) is 0 Å². The monoisotopic (exact) mass is 464 g/mol. The number of hydrogen-bond acceptors (Lipinski definition) is 5. The van der Waals surface area contributed by atoms with E-state index in [2.05, 4.69) is 10.6 Å². The molecule has 156 valence electrons. The van der Waals surface area contributed by atoms with Crippen molar-refractivity contribution >= 4 is 56.4 Å². The van der Waals surface area contributed by atoms with Crippen LogP contribution < -0.4 is 20.1 Å². The summed E-state index contributed by atoms with van der Waals surface area (Å²) in [4.78, 5) is 24.3. The molecule has 0 bridgehead atoms. The van der Waals surface area contributed by atoms with Crippen molar-refractivity contribution in [2.45, 2.75) is 6.92 Å². The van der Waals surface area contributed by atoms with Crippen molar-refractivity contribution in [2.75, 3.05) is 23.8 Å². The van der Waals surface area contributed by atoms with Crippen molar-refractivity contribution in [2.24, 2.45) is 0 Å². The van der Waals surface area contributed by atoms with E-state index in [9.17, 15) is 9.59 Å². The van der Waals surface area contributed by atoms with Crippen LogP contribution in [-0.4, -0.2) is 25.0 Å². The Hall–Kier alpha value is -2.74. The van der Waals surface area contributed by atoms with Crippen LogP contribution in [0.2, 0.25) is 10.0 Å². The first-order chi connectivity index (χ1) is 14.4. The minimum atomic E-state index is -0.310. The predicted octanol–water partition coefficient (Wildman–Crippen LogP) is 5.40. The molecule has 6 nitrogen and oxygen atoms in total. The molecule has 2 aromatic carbocycles. The molecule has 1 aromatic heterocycles. The predicted molar refractivity (Wildman–Crippen MR) is 120 cm³/mol. The summed E-state index contributed by atoms with van der Waals surface area (Å²) in [5.41, 5.74) is 0.828. The molecule has 0 unspecified atom stereocenters. The van der Waals surface area contributed by atoms with Crippen molar-refractivity contribution in [3.63, 3.8) is 0 Å². The molecule has 30 heavy (non-hydrogen) atoms. The molecule has 0 saturated heterocycles. The zero-order valence-corrected chi connectivity index (χ0v) is 18.2. The number of thiophene rings is 1. The molecule has 0 fully saturated rings. The van der Waals surface area contributed by atoms with Gasteiger partial charge in [0.25, 0.3) is 11.8 Å². The van der Waals surface area contributed by atoms with Gasteiger partial charge in [-0.1, -0.05) is 23.2 Å². The molecule has 2 amide bonds. The number of anilines is 2. The highest BCUT2D eigenvalue weighted by Gasteiger charge is 2.12. The average molecular weight is 465 g/mol. The van der Waals surface area contributed by atoms with E-state index >= 15 is 0 Å². The second-order valence-electron chi connectivity index (χ2n) is 6.20. The molecule has 9 heteroatoms. The molecular weight excluding hydrogens is 447 g/mol. The van der Waals surface area contributed by atoms with Gasteiger partial charge in [0.05, 0.1) is 5.00 Å². The number of aryl methyl sites for hydroxylation is 1. The van der Waals surface area contributed by atoms with Crippen LogP contribution in [-0.2, 0) is 9.59 Å². The van der Waals surface area contributed by atoms with Gasteiger partial charge < -0.3 is 20.1 Å². The van der Waals surface area contributed by atoms with Gasteiger partial charge in [-0.2, -0.15) is 0 Å². The Balaban J connectivity index is 1.47. The van der Waals surface area contributed by atoms with E-state index in [1.807, 2.05) is 6.92 Å². The van der Waals surface area contributed by atoms with Gasteiger partial charge in [-0.25, -0.2) is 0 Å². The third kappa shape index (κ3) is 6.66. The van der Waals surface area contributed by atoms with Gasteiger partial charge in [0.1, 0.15) is 16.5 Å². The highest BCUT2D eigenvalue weighted by Crippen LogP contribution is 2.31. The molecule has 2 N–H and O–H groups in total. The molecule has 3 rings (SSSR count). The summed E-state index contributed by atoms with van der Waals surface area (Å²) >= 11 is 12.9. The molecule has 0 aliphatic heterocycles. The molecule has 0 spiro atoms. The van der Waals surface area contributed by atoms with Gasteiger partial charge in [0.2, 0.25) is 0 Å². The smallest absolute Gasteiger partial charge is 0.262 e. The fourth-order valence-electron chi connectivity index (χ4n) is 2.36. The maximum absolute atomic E-state index is 12.1. The summed E-state index contributed by atoms with van der Waals surface area (Å²) in [7, 11) is 0. The Labute approximate surface area is 187 Å². The number of nitrogens with one attached hydrogen (secondary N) is 2. The molecule has 1 heterocycles. The zero-order valence-electron chi connectivity index (χ0n) is 15.9. The highest BCUT2D eigenvalue weighted by molar-refractivity contribution is 7.20. The Morgan fingerprint density at radius 3 is 1.80 bits per heavy atom. The van der Waals surface area contributed by atoms with E-state index in [0.717, 1.165) is 5.56 Å². The van der Waals surface area contributed by atoms with Crippen LogP contribution in [0.5, 0.6) is 11.5 Å². The van der Waals surface area contributed by atoms with Gasteiger partial charge in [0.15, 0.2) is 13.2 Å². The van der Waals surface area contributed by atoms with Crippen LogP contribution in [0.4, 0.5) is 10.0 Å². The molecule has 0 atom stereocenters. The van der Waals surface area contributed by atoms with Crippen molar-refractivity contribution in [3.05, 3.63) is 70.2 Å². The largest absolute Gasteiger partial charge is 0.484 e.